The minimum absolute atomic E-state index is 0.0732. The Bertz CT molecular complexity index is 1210. The molecule has 4 aromatic rings. The second-order valence-electron chi connectivity index (χ2n) is 8.51. The Balaban J connectivity index is 1.35. The van der Waals surface area contributed by atoms with Crippen molar-refractivity contribution in [3.8, 4) is 22.5 Å². The molecule has 5 nitrogen and oxygen atoms in total. The quantitative estimate of drug-likeness (QED) is 0.170. The smallest absolute Gasteiger partial charge is 0.246 e. The van der Waals surface area contributed by atoms with Crippen LogP contribution in [0.1, 0.15) is 25.3 Å². The molecule has 0 saturated carbocycles. The molecule has 36 heavy (non-hydrogen) atoms. The number of carbonyl (C=O) groups is 1. The van der Waals surface area contributed by atoms with Crippen molar-refractivity contribution in [2.45, 2.75) is 38.1 Å². The Morgan fingerprint density at radius 2 is 1.56 bits per heavy atom. The molecule has 0 bridgehead atoms. The molecule has 0 atom stereocenters. The molecule has 1 N–H and O–H groups in total. The number of carbonyl (C=O) groups excluding carboxylic acids is 1. The van der Waals surface area contributed by atoms with Gasteiger partial charge in [-0.05, 0) is 18.4 Å². The lowest BCUT2D eigenvalue weighted by molar-refractivity contribution is -0.126. The summed E-state index contributed by atoms with van der Waals surface area (Å²) in [4.78, 5) is 17.2. The average Bonchev–Trinajstić information content (AvgIpc) is 3.28. The number of benzene rings is 3. The normalized spacial score (nSPS) is 10.9. The topological polar surface area (TPSA) is 56.2 Å². The summed E-state index contributed by atoms with van der Waals surface area (Å²) in [5, 5.41) is 3.98. The van der Waals surface area contributed by atoms with E-state index in [-0.39, 0.29) is 12.5 Å². The van der Waals surface area contributed by atoms with Crippen LogP contribution in [0.15, 0.2) is 96.2 Å². The maximum atomic E-state index is 12.1. The highest BCUT2D eigenvalue weighted by molar-refractivity contribution is 7.99. The molecule has 1 heterocycles. The lowest BCUT2D eigenvalue weighted by Crippen LogP contribution is -2.28. The van der Waals surface area contributed by atoms with E-state index in [0.717, 1.165) is 52.8 Å². The molecule has 3 aromatic carbocycles. The second kappa shape index (κ2) is 13.7. The molecule has 6 heteroatoms. The van der Waals surface area contributed by atoms with Crippen LogP contribution in [0.3, 0.4) is 0 Å². The van der Waals surface area contributed by atoms with Gasteiger partial charge in [0.2, 0.25) is 5.91 Å². The number of aromatic nitrogens is 2. The van der Waals surface area contributed by atoms with Gasteiger partial charge in [-0.1, -0.05) is 110 Å². The van der Waals surface area contributed by atoms with Crippen molar-refractivity contribution in [1.82, 2.24) is 14.9 Å². The third kappa shape index (κ3) is 7.09. The molecule has 0 aliphatic carbocycles. The third-order valence-electron chi connectivity index (χ3n) is 5.69. The second-order valence-corrected chi connectivity index (χ2v) is 9.57. The number of amides is 1. The Morgan fingerprint density at radius 1 is 0.917 bits per heavy atom. The zero-order valence-electron chi connectivity index (χ0n) is 20.7. The van der Waals surface area contributed by atoms with E-state index in [9.17, 15) is 4.79 Å². The maximum Gasteiger partial charge on any atom is 0.246 e. The van der Waals surface area contributed by atoms with Crippen LogP contribution in [0.2, 0.25) is 0 Å². The highest BCUT2D eigenvalue weighted by Crippen LogP contribution is 2.36. The van der Waals surface area contributed by atoms with Crippen LogP contribution in [-0.4, -0.2) is 34.4 Å². The van der Waals surface area contributed by atoms with E-state index in [1.54, 1.807) is 11.8 Å². The zero-order valence-corrected chi connectivity index (χ0v) is 21.5. The fourth-order valence-corrected chi connectivity index (χ4v) is 4.98. The number of thioether (sulfide) groups is 1. The molecular formula is C30H33N3O2S. The number of hydrogen-bond acceptors (Lipinski definition) is 4. The van der Waals surface area contributed by atoms with Crippen LogP contribution < -0.4 is 5.32 Å². The van der Waals surface area contributed by atoms with Gasteiger partial charge in [-0.3, -0.25) is 4.79 Å². The molecule has 1 amide bonds. The van der Waals surface area contributed by atoms with Crippen molar-refractivity contribution in [3.63, 3.8) is 0 Å². The number of hydrogen-bond donors (Lipinski definition) is 1. The fourth-order valence-electron chi connectivity index (χ4n) is 4.01. The summed E-state index contributed by atoms with van der Waals surface area (Å²) in [5.74, 6) is 0.787. The SMILES string of the molecule is CCCn1c(SCCCNC(=O)COCc2ccccc2)nc(-c2ccccc2)c1-c1ccccc1. The minimum atomic E-state index is -0.0823. The van der Waals surface area contributed by atoms with Gasteiger partial charge in [-0.25, -0.2) is 4.98 Å². The molecule has 0 unspecified atom stereocenters. The molecule has 0 spiro atoms. The molecule has 0 aliphatic heterocycles. The minimum Gasteiger partial charge on any atom is -0.367 e. The van der Waals surface area contributed by atoms with Gasteiger partial charge in [0.25, 0.3) is 0 Å². The number of nitrogens with zero attached hydrogens (tertiary/aromatic N) is 2. The van der Waals surface area contributed by atoms with Gasteiger partial charge in [0.1, 0.15) is 6.61 Å². The summed E-state index contributed by atoms with van der Waals surface area (Å²) < 4.78 is 7.87. The van der Waals surface area contributed by atoms with Crippen molar-refractivity contribution in [2.24, 2.45) is 0 Å². The van der Waals surface area contributed by atoms with E-state index in [1.807, 2.05) is 42.5 Å². The Morgan fingerprint density at radius 3 is 2.22 bits per heavy atom. The van der Waals surface area contributed by atoms with E-state index < -0.39 is 0 Å². The van der Waals surface area contributed by atoms with Crippen LogP contribution in [-0.2, 0) is 22.7 Å². The largest absolute Gasteiger partial charge is 0.367 e. The summed E-state index contributed by atoms with van der Waals surface area (Å²) in [7, 11) is 0. The van der Waals surface area contributed by atoms with Gasteiger partial charge < -0.3 is 14.6 Å². The van der Waals surface area contributed by atoms with E-state index in [4.69, 9.17) is 9.72 Å². The van der Waals surface area contributed by atoms with E-state index >= 15 is 0 Å². The van der Waals surface area contributed by atoms with Crippen LogP contribution in [0.25, 0.3) is 22.5 Å². The molecule has 186 valence electrons. The highest BCUT2D eigenvalue weighted by Gasteiger charge is 2.19. The first-order valence-corrected chi connectivity index (χ1v) is 13.5. The number of imidazole rings is 1. The molecule has 4 rings (SSSR count). The molecule has 0 aliphatic rings. The first-order valence-electron chi connectivity index (χ1n) is 12.5. The number of nitrogens with one attached hydrogen (secondary N) is 1. The molecule has 0 saturated heterocycles. The van der Waals surface area contributed by atoms with Crippen molar-refractivity contribution in [3.05, 3.63) is 96.6 Å². The van der Waals surface area contributed by atoms with Crippen molar-refractivity contribution in [2.75, 3.05) is 18.9 Å². The maximum absolute atomic E-state index is 12.1. The number of rotatable bonds is 13. The summed E-state index contributed by atoms with van der Waals surface area (Å²) in [6, 6.07) is 30.8. The summed E-state index contributed by atoms with van der Waals surface area (Å²) in [6.45, 7) is 4.23. The van der Waals surface area contributed by atoms with Crippen molar-refractivity contribution < 1.29 is 9.53 Å². The summed E-state index contributed by atoms with van der Waals surface area (Å²) >= 11 is 1.75. The summed E-state index contributed by atoms with van der Waals surface area (Å²) in [5.41, 5.74) is 5.54. The van der Waals surface area contributed by atoms with Crippen LogP contribution in [0, 0.1) is 0 Å². The third-order valence-corrected chi connectivity index (χ3v) is 6.76. The van der Waals surface area contributed by atoms with Gasteiger partial charge in [-0.2, -0.15) is 0 Å². The fraction of sp³-hybridized carbons (Fsp3) is 0.267. The van der Waals surface area contributed by atoms with Gasteiger partial charge in [-0.15, -0.1) is 0 Å². The van der Waals surface area contributed by atoms with Crippen molar-refractivity contribution in [1.29, 1.82) is 0 Å². The molecule has 0 fully saturated rings. The first kappa shape index (κ1) is 25.7. The van der Waals surface area contributed by atoms with Gasteiger partial charge >= 0.3 is 0 Å². The Hall–Kier alpha value is -3.35. The standard InChI is InChI=1S/C30H33N3O2S/c1-2-20-33-29(26-17-10-5-11-18-26)28(25-15-8-4-9-16-25)32-30(33)36-21-12-19-31-27(34)23-35-22-24-13-6-3-7-14-24/h3-11,13-18H,2,12,19-23H2,1H3,(H,31,34). The molecular weight excluding hydrogens is 466 g/mol. The predicted molar refractivity (Wildman–Crippen MR) is 148 cm³/mol. The van der Waals surface area contributed by atoms with Gasteiger partial charge in [0.05, 0.1) is 18.0 Å². The van der Waals surface area contributed by atoms with E-state index in [1.165, 1.54) is 5.56 Å². The zero-order chi connectivity index (χ0) is 25.0. The molecule has 1 aromatic heterocycles. The summed E-state index contributed by atoms with van der Waals surface area (Å²) in [6.07, 6.45) is 1.88. The monoisotopic (exact) mass is 499 g/mol. The Kier molecular flexibility index (Phi) is 9.77. The van der Waals surface area contributed by atoms with Crippen LogP contribution in [0.5, 0.6) is 0 Å². The molecule has 0 radical (unpaired) electrons. The van der Waals surface area contributed by atoms with Gasteiger partial charge in [0, 0.05) is 30.0 Å². The van der Waals surface area contributed by atoms with Gasteiger partial charge in [0.15, 0.2) is 5.16 Å². The van der Waals surface area contributed by atoms with Crippen LogP contribution >= 0.6 is 11.8 Å². The van der Waals surface area contributed by atoms with Crippen LogP contribution in [0.4, 0.5) is 0 Å². The predicted octanol–water partition coefficient (Wildman–Crippen LogP) is 6.44. The lowest BCUT2D eigenvalue weighted by atomic mass is 10.0. The van der Waals surface area contributed by atoms with E-state index in [2.05, 4.69) is 65.3 Å². The van der Waals surface area contributed by atoms with E-state index in [0.29, 0.717) is 13.2 Å². The number of ether oxygens (including phenoxy) is 1. The lowest BCUT2D eigenvalue weighted by Gasteiger charge is -2.12. The Labute approximate surface area is 217 Å². The van der Waals surface area contributed by atoms with Crippen molar-refractivity contribution >= 4 is 17.7 Å². The average molecular weight is 500 g/mol. The highest BCUT2D eigenvalue weighted by atomic mass is 32.2. The first-order chi connectivity index (χ1) is 17.8.